The number of aromatic nitrogens is 2. The van der Waals surface area contributed by atoms with Crippen molar-refractivity contribution in [2.45, 2.75) is 115 Å². The van der Waals surface area contributed by atoms with E-state index in [1.165, 1.54) is 10.9 Å². The van der Waals surface area contributed by atoms with Gasteiger partial charge in [-0.3, -0.25) is 14.8 Å². The molecule has 10 nitrogen and oxygen atoms in total. The lowest BCUT2D eigenvalue weighted by Crippen LogP contribution is -2.53. The zero-order valence-electron chi connectivity index (χ0n) is 32.3. The molecule has 2 saturated carbocycles. The largest absolute Gasteiger partial charge is 0.444 e. The summed E-state index contributed by atoms with van der Waals surface area (Å²) in [5.74, 6) is 2.18. The van der Waals surface area contributed by atoms with E-state index in [1.54, 1.807) is 0 Å². The zero-order valence-corrected chi connectivity index (χ0v) is 32.3. The minimum atomic E-state index is -0.541. The van der Waals surface area contributed by atoms with Gasteiger partial charge in [-0.15, -0.1) is 0 Å². The minimum Gasteiger partial charge on any atom is -0.444 e. The normalized spacial score (nSPS) is 25.7. The average Bonchev–Trinajstić information content (AvgIpc) is 3.74. The lowest BCUT2D eigenvalue weighted by Gasteiger charge is -2.36. The second-order valence-electron chi connectivity index (χ2n) is 18.4. The molecular formula is C44H52N6O4. The van der Waals surface area contributed by atoms with E-state index >= 15 is 0 Å². The van der Waals surface area contributed by atoms with Gasteiger partial charge in [0.15, 0.2) is 0 Å². The number of nitrogens with zero attached hydrogens (tertiary/aromatic N) is 4. The molecule has 4 heterocycles. The summed E-state index contributed by atoms with van der Waals surface area (Å²) in [6.45, 7) is 12.9. The molecule has 4 aromatic rings. The van der Waals surface area contributed by atoms with E-state index in [0.29, 0.717) is 12.5 Å². The van der Waals surface area contributed by atoms with Gasteiger partial charge in [-0.2, -0.15) is 0 Å². The highest BCUT2D eigenvalue weighted by atomic mass is 16.6. The van der Waals surface area contributed by atoms with Crippen LogP contribution in [-0.4, -0.2) is 74.2 Å². The molecule has 54 heavy (non-hydrogen) atoms. The van der Waals surface area contributed by atoms with Gasteiger partial charge in [0.1, 0.15) is 22.9 Å². The van der Waals surface area contributed by atoms with Crippen LogP contribution >= 0.6 is 0 Å². The third-order valence-electron chi connectivity index (χ3n) is 12.0. The molecule has 2 saturated heterocycles. The van der Waals surface area contributed by atoms with Crippen LogP contribution in [0.2, 0.25) is 0 Å². The molecule has 4 unspecified atom stereocenters. The van der Waals surface area contributed by atoms with E-state index in [9.17, 15) is 9.59 Å². The number of carbonyl (C=O) groups excluding carboxylic acids is 2. The van der Waals surface area contributed by atoms with E-state index in [2.05, 4.69) is 71.0 Å². The monoisotopic (exact) mass is 728 g/mol. The minimum absolute atomic E-state index is 0.0343. The van der Waals surface area contributed by atoms with Crippen LogP contribution in [0.1, 0.15) is 104 Å². The van der Waals surface area contributed by atoms with Crippen LogP contribution in [0.5, 0.6) is 0 Å². The van der Waals surface area contributed by atoms with Gasteiger partial charge in [-0.05, 0) is 131 Å². The molecule has 2 amide bonds. The maximum absolute atomic E-state index is 13.2. The summed E-state index contributed by atoms with van der Waals surface area (Å²) in [4.78, 5) is 43.5. The number of imidazole rings is 1. The summed E-state index contributed by atoms with van der Waals surface area (Å²) in [7, 11) is 0. The predicted octanol–water partition coefficient (Wildman–Crippen LogP) is 9.19. The summed E-state index contributed by atoms with van der Waals surface area (Å²) >= 11 is 0. The third kappa shape index (κ3) is 6.62. The Bertz CT molecular complexity index is 2140. The van der Waals surface area contributed by atoms with Crippen molar-refractivity contribution in [1.29, 1.82) is 0 Å². The standard InChI is InChI=1S/C44H52N6O4/c1-42(2,3)53-40(51)49-25-44(17-18-44)22-36(49)38-45-24-35(47-38)31-14-13-29-19-28(11-12-30(29)20-31)26-7-9-27(10-8-26)34-23-46-39(48-34)37-32-15-16-33(21-32)50(37)41(52)54-43(4,5)6/h7-14,19-20,24,32-34,36-37H,15-18,21-23,25H2,1-6H3,(H,45,47)(H,46,48)/t32?,33?,34?,36-,37?/m0/s1. The quantitative estimate of drug-likeness (QED) is 0.212. The Morgan fingerprint density at radius 1 is 0.833 bits per heavy atom. The highest BCUT2D eigenvalue weighted by Crippen LogP contribution is 2.58. The first-order chi connectivity index (χ1) is 25.7. The number of piperidine rings is 1. The number of H-pyrrole nitrogens is 1. The van der Waals surface area contributed by atoms with Gasteiger partial charge < -0.3 is 19.8 Å². The Morgan fingerprint density at radius 2 is 1.50 bits per heavy atom. The Balaban J connectivity index is 0.870. The number of hydrogen-bond donors (Lipinski definition) is 2. The number of carbonyl (C=O) groups is 2. The van der Waals surface area contributed by atoms with Crippen molar-refractivity contribution in [2.75, 3.05) is 13.1 Å². The lowest BCUT2D eigenvalue weighted by atomic mass is 9.96. The number of aromatic amines is 1. The molecule has 5 aliphatic rings. The molecule has 9 rings (SSSR count). The van der Waals surface area contributed by atoms with Crippen molar-refractivity contribution in [2.24, 2.45) is 16.3 Å². The van der Waals surface area contributed by atoms with Gasteiger partial charge in [-0.1, -0.05) is 48.5 Å². The number of amidine groups is 1. The maximum Gasteiger partial charge on any atom is 0.411 e. The van der Waals surface area contributed by atoms with Gasteiger partial charge in [0, 0.05) is 18.2 Å². The first-order valence-electron chi connectivity index (χ1n) is 19.7. The number of rotatable bonds is 5. The van der Waals surface area contributed by atoms with Gasteiger partial charge in [0.25, 0.3) is 0 Å². The molecule has 1 spiro atoms. The Hall–Kier alpha value is -4.86. The van der Waals surface area contributed by atoms with Crippen LogP contribution in [0.4, 0.5) is 9.59 Å². The van der Waals surface area contributed by atoms with Crippen molar-refractivity contribution in [1.82, 2.24) is 25.1 Å². The van der Waals surface area contributed by atoms with E-state index in [1.807, 2.05) is 57.5 Å². The second-order valence-corrected chi connectivity index (χ2v) is 18.4. The molecule has 2 N–H and O–H groups in total. The van der Waals surface area contributed by atoms with Gasteiger partial charge in [-0.25, -0.2) is 14.6 Å². The summed E-state index contributed by atoms with van der Waals surface area (Å²) in [6, 6.07) is 22.1. The van der Waals surface area contributed by atoms with Gasteiger partial charge >= 0.3 is 12.2 Å². The third-order valence-corrected chi connectivity index (χ3v) is 12.0. The number of ether oxygens (including phenoxy) is 2. The molecule has 0 radical (unpaired) electrons. The van der Waals surface area contributed by atoms with E-state index < -0.39 is 11.2 Å². The number of benzene rings is 3. The zero-order chi connectivity index (χ0) is 37.6. The summed E-state index contributed by atoms with van der Waals surface area (Å²) in [6.07, 6.45) is 7.82. The van der Waals surface area contributed by atoms with Crippen LogP contribution in [0.3, 0.4) is 0 Å². The van der Waals surface area contributed by atoms with Crippen LogP contribution < -0.4 is 5.32 Å². The Morgan fingerprint density at radius 3 is 2.20 bits per heavy atom. The molecule has 1 aromatic heterocycles. The molecule has 282 valence electrons. The maximum atomic E-state index is 13.2. The molecule has 5 atom stereocenters. The van der Waals surface area contributed by atoms with Gasteiger partial charge in [0.05, 0.1) is 36.6 Å². The van der Waals surface area contributed by atoms with Crippen LogP contribution in [-0.2, 0) is 9.47 Å². The molecule has 2 aliphatic carbocycles. The van der Waals surface area contributed by atoms with Crippen LogP contribution in [0.15, 0.2) is 71.9 Å². The fourth-order valence-electron chi connectivity index (χ4n) is 9.25. The Labute approximate surface area is 317 Å². The predicted molar refractivity (Wildman–Crippen MR) is 210 cm³/mol. The molecule has 3 aliphatic heterocycles. The number of hydrogen-bond acceptors (Lipinski definition) is 7. The smallest absolute Gasteiger partial charge is 0.411 e. The SMILES string of the molecule is CC(C)(C)OC(=O)N1C2CCC(C2)C1C1=NCC(c2ccc(-c3ccc4cc(-c5cnc([C@@H]6CC7(CC7)CN6C(=O)OC(C)(C)C)[nH]5)ccc4c3)cc2)N1. The fraction of sp³-hybridized carbons (Fsp3) is 0.500. The molecule has 3 aromatic carbocycles. The number of likely N-dealkylation sites (tertiary alicyclic amines) is 2. The van der Waals surface area contributed by atoms with Crippen LogP contribution in [0.25, 0.3) is 33.2 Å². The number of aliphatic imine (C=N–C) groups is 1. The second kappa shape index (κ2) is 12.6. The topological polar surface area (TPSA) is 112 Å². The highest BCUT2D eigenvalue weighted by Gasteiger charge is 2.55. The van der Waals surface area contributed by atoms with Crippen molar-refractivity contribution in [3.05, 3.63) is 78.2 Å². The average molecular weight is 729 g/mol. The summed E-state index contributed by atoms with van der Waals surface area (Å²) in [5.41, 5.74) is 4.66. The number of fused-ring (bicyclic) bond motifs is 3. The van der Waals surface area contributed by atoms with E-state index in [0.717, 1.165) is 84.5 Å². The van der Waals surface area contributed by atoms with Crippen molar-refractivity contribution in [3.63, 3.8) is 0 Å². The summed E-state index contributed by atoms with van der Waals surface area (Å²) < 4.78 is 11.6. The van der Waals surface area contributed by atoms with Crippen molar-refractivity contribution in [3.8, 4) is 22.4 Å². The molecular weight excluding hydrogens is 677 g/mol. The fourth-order valence-corrected chi connectivity index (χ4v) is 9.25. The first-order valence-corrected chi connectivity index (χ1v) is 19.7. The molecule has 10 heteroatoms. The van der Waals surface area contributed by atoms with Crippen LogP contribution in [0, 0.1) is 11.3 Å². The number of amides is 2. The number of nitrogens with one attached hydrogen (secondary N) is 2. The lowest BCUT2D eigenvalue weighted by molar-refractivity contribution is 0.0139. The van der Waals surface area contributed by atoms with Crippen molar-refractivity contribution < 1.29 is 19.1 Å². The molecule has 4 fully saturated rings. The highest BCUT2D eigenvalue weighted by molar-refractivity contribution is 5.93. The van der Waals surface area contributed by atoms with E-state index in [-0.39, 0.29) is 41.8 Å². The summed E-state index contributed by atoms with van der Waals surface area (Å²) in [5, 5.41) is 6.01. The Kier molecular flexibility index (Phi) is 8.14. The van der Waals surface area contributed by atoms with Crippen molar-refractivity contribution >= 4 is 28.8 Å². The molecule has 2 bridgehead atoms. The van der Waals surface area contributed by atoms with E-state index in [4.69, 9.17) is 19.5 Å². The first kappa shape index (κ1) is 34.9. The van der Waals surface area contributed by atoms with Gasteiger partial charge in [0.2, 0.25) is 0 Å².